The highest BCUT2D eigenvalue weighted by Gasteiger charge is 2.14. The van der Waals surface area contributed by atoms with Gasteiger partial charge in [-0.15, -0.1) is 0 Å². The van der Waals surface area contributed by atoms with Crippen LogP contribution < -0.4 is 5.32 Å². The van der Waals surface area contributed by atoms with Crippen LogP contribution in [0.25, 0.3) is 11.5 Å². The number of aryl methyl sites for hydroxylation is 3. The molecule has 0 aliphatic rings. The van der Waals surface area contributed by atoms with Crippen molar-refractivity contribution in [2.45, 2.75) is 33.7 Å². The van der Waals surface area contributed by atoms with Crippen molar-refractivity contribution < 1.29 is 9.21 Å². The molecule has 6 nitrogen and oxygen atoms in total. The molecule has 0 saturated heterocycles. The summed E-state index contributed by atoms with van der Waals surface area (Å²) in [7, 11) is 1.88. The van der Waals surface area contributed by atoms with Crippen molar-refractivity contribution in [3.05, 3.63) is 58.7 Å². The van der Waals surface area contributed by atoms with Crippen LogP contribution in [0.3, 0.4) is 0 Å². The zero-order chi connectivity index (χ0) is 18.0. The van der Waals surface area contributed by atoms with Crippen molar-refractivity contribution in [1.82, 2.24) is 20.1 Å². The second-order valence-electron chi connectivity index (χ2n) is 6.24. The second kappa shape index (κ2) is 6.93. The van der Waals surface area contributed by atoms with Crippen LogP contribution in [0.5, 0.6) is 0 Å². The molecule has 2 heterocycles. The van der Waals surface area contributed by atoms with E-state index >= 15 is 0 Å². The number of nitrogens with zero attached hydrogens (tertiary/aromatic N) is 3. The summed E-state index contributed by atoms with van der Waals surface area (Å²) in [5.74, 6) is 0.502. The summed E-state index contributed by atoms with van der Waals surface area (Å²) in [6.07, 6.45) is 1.89. The average Bonchev–Trinajstić information content (AvgIpc) is 3.14. The van der Waals surface area contributed by atoms with Gasteiger partial charge in [0.05, 0.1) is 24.4 Å². The van der Waals surface area contributed by atoms with Gasteiger partial charge in [0, 0.05) is 23.9 Å². The fourth-order valence-electron chi connectivity index (χ4n) is 2.70. The van der Waals surface area contributed by atoms with Gasteiger partial charge in [0.25, 0.3) is 0 Å². The maximum atomic E-state index is 12.2. The summed E-state index contributed by atoms with van der Waals surface area (Å²) in [5.41, 5.74) is 5.67. The Hall–Kier alpha value is -2.89. The number of hydrogen-bond acceptors (Lipinski definition) is 4. The molecular weight excluding hydrogens is 316 g/mol. The number of benzene rings is 1. The monoisotopic (exact) mass is 338 g/mol. The number of aromatic nitrogens is 3. The van der Waals surface area contributed by atoms with Crippen LogP contribution in [0.1, 0.15) is 28.2 Å². The van der Waals surface area contributed by atoms with E-state index in [0.29, 0.717) is 24.6 Å². The van der Waals surface area contributed by atoms with Gasteiger partial charge in [-0.2, -0.15) is 5.10 Å². The van der Waals surface area contributed by atoms with E-state index in [1.807, 2.05) is 52.1 Å². The Balaban J connectivity index is 1.60. The van der Waals surface area contributed by atoms with Crippen molar-refractivity contribution in [2.75, 3.05) is 0 Å². The van der Waals surface area contributed by atoms with Crippen molar-refractivity contribution in [1.29, 1.82) is 0 Å². The van der Waals surface area contributed by atoms with Crippen molar-refractivity contribution >= 4 is 5.91 Å². The van der Waals surface area contributed by atoms with Gasteiger partial charge in [0.2, 0.25) is 11.8 Å². The molecule has 0 fully saturated rings. The van der Waals surface area contributed by atoms with E-state index in [9.17, 15) is 4.79 Å². The largest absolute Gasteiger partial charge is 0.444 e. The Morgan fingerprint density at radius 1 is 1.20 bits per heavy atom. The Kier molecular flexibility index (Phi) is 4.70. The zero-order valence-electron chi connectivity index (χ0n) is 15.0. The number of oxazole rings is 1. The number of nitrogens with one attached hydrogen (secondary N) is 1. The molecule has 0 bridgehead atoms. The van der Waals surface area contributed by atoms with E-state index in [2.05, 4.69) is 15.4 Å². The Morgan fingerprint density at radius 2 is 1.92 bits per heavy atom. The van der Waals surface area contributed by atoms with E-state index in [0.717, 1.165) is 22.5 Å². The summed E-state index contributed by atoms with van der Waals surface area (Å²) < 4.78 is 7.30. The molecular formula is C19H22N4O2. The number of rotatable bonds is 5. The van der Waals surface area contributed by atoms with Crippen molar-refractivity contribution in [3.63, 3.8) is 0 Å². The number of amides is 1. The Morgan fingerprint density at radius 3 is 2.56 bits per heavy atom. The zero-order valence-corrected chi connectivity index (χ0v) is 15.0. The SMILES string of the molecule is Cc1ccc(-c2nc(CNC(=O)Cc3c(C)nn(C)c3C)co2)cc1. The van der Waals surface area contributed by atoms with Gasteiger partial charge in [-0.1, -0.05) is 17.7 Å². The average molecular weight is 338 g/mol. The second-order valence-corrected chi connectivity index (χ2v) is 6.24. The third-order valence-corrected chi connectivity index (χ3v) is 4.31. The lowest BCUT2D eigenvalue weighted by Gasteiger charge is -2.04. The summed E-state index contributed by atoms with van der Waals surface area (Å²) in [6, 6.07) is 7.97. The van der Waals surface area contributed by atoms with Gasteiger partial charge in [-0.3, -0.25) is 9.48 Å². The molecule has 2 aromatic heterocycles. The first-order chi connectivity index (χ1) is 11.9. The third kappa shape index (κ3) is 3.79. The highest BCUT2D eigenvalue weighted by atomic mass is 16.3. The standard InChI is InChI=1S/C19H22N4O2/c1-12-5-7-15(8-6-12)19-21-16(11-25-19)10-20-18(24)9-17-13(2)22-23(4)14(17)3/h5-8,11H,9-10H2,1-4H3,(H,20,24). The van der Waals surface area contributed by atoms with Crippen LogP contribution in [0.4, 0.5) is 0 Å². The molecule has 25 heavy (non-hydrogen) atoms. The minimum Gasteiger partial charge on any atom is -0.444 e. The Bertz CT molecular complexity index is 891. The van der Waals surface area contributed by atoms with Gasteiger partial charge in [0.1, 0.15) is 6.26 Å². The molecule has 0 spiro atoms. The third-order valence-electron chi connectivity index (χ3n) is 4.31. The van der Waals surface area contributed by atoms with Gasteiger partial charge in [0.15, 0.2) is 0 Å². The molecule has 0 saturated carbocycles. The van der Waals surface area contributed by atoms with E-state index in [1.54, 1.807) is 10.9 Å². The molecule has 6 heteroatoms. The molecule has 1 N–H and O–H groups in total. The van der Waals surface area contributed by atoms with E-state index in [1.165, 1.54) is 5.56 Å². The van der Waals surface area contributed by atoms with Gasteiger partial charge >= 0.3 is 0 Å². The molecule has 130 valence electrons. The van der Waals surface area contributed by atoms with Gasteiger partial charge in [-0.25, -0.2) is 4.98 Å². The minimum absolute atomic E-state index is 0.0564. The maximum Gasteiger partial charge on any atom is 0.226 e. The predicted octanol–water partition coefficient (Wildman–Crippen LogP) is 2.86. The topological polar surface area (TPSA) is 73.0 Å². The Labute approximate surface area is 146 Å². The number of hydrogen-bond donors (Lipinski definition) is 1. The number of carbonyl (C=O) groups is 1. The summed E-state index contributed by atoms with van der Waals surface area (Å²) in [5, 5.41) is 7.22. The van der Waals surface area contributed by atoms with E-state index in [-0.39, 0.29) is 5.91 Å². The molecule has 3 aromatic rings. The highest BCUT2D eigenvalue weighted by Crippen LogP contribution is 2.19. The minimum atomic E-state index is -0.0564. The smallest absolute Gasteiger partial charge is 0.226 e. The first-order valence-corrected chi connectivity index (χ1v) is 8.21. The fourth-order valence-corrected chi connectivity index (χ4v) is 2.70. The molecule has 0 aliphatic heterocycles. The fraction of sp³-hybridized carbons (Fsp3) is 0.316. The molecule has 0 unspecified atom stereocenters. The predicted molar refractivity (Wildman–Crippen MR) is 94.9 cm³/mol. The molecule has 0 atom stereocenters. The first kappa shape index (κ1) is 17.0. The molecule has 0 radical (unpaired) electrons. The van der Waals surface area contributed by atoms with Crippen molar-refractivity contribution in [3.8, 4) is 11.5 Å². The van der Waals surface area contributed by atoms with E-state index < -0.39 is 0 Å². The normalized spacial score (nSPS) is 10.9. The van der Waals surface area contributed by atoms with Crippen molar-refractivity contribution in [2.24, 2.45) is 7.05 Å². The quantitative estimate of drug-likeness (QED) is 0.776. The van der Waals surface area contributed by atoms with Gasteiger partial charge < -0.3 is 9.73 Å². The molecule has 3 rings (SSSR count). The lowest BCUT2D eigenvalue weighted by Crippen LogP contribution is -2.25. The van der Waals surface area contributed by atoms with Crippen LogP contribution in [0, 0.1) is 20.8 Å². The summed E-state index contributed by atoms with van der Waals surface area (Å²) in [4.78, 5) is 16.6. The van der Waals surface area contributed by atoms with Gasteiger partial charge in [-0.05, 0) is 32.9 Å². The molecule has 1 amide bonds. The summed E-state index contributed by atoms with van der Waals surface area (Å²) >= 11 is 0. The molecule has 1 aromatic carbocycles. The van der Waals surface area contributed by atoms with E-state index in [4.69, 9.17) is 4.42 Å². The van der Waals surface area contributed by atoms with Crippen LogP contribution in [-0.2, 0) is 24.8 Å². The maximum absolute atomic E-state index is 12.2. The van der Waals surface area contributed by atoms with Crippen LogP contribution in [-0.4, -0.2) is 20.7 Å². The highest BCUT2D eigenvalue weighted by molar-refractivity contribution is 5.79. The van der Waals surface area contributed by atoms with Crippen LogP contribution in [0.15, 0.2) is 34.9 Å². The summed E-state index contributed by atoms with van der Waals surface area (Å²) in [6.45, 7) is 6.26. The first-order valence-electron chi connectivity index (χ1n) is 8.21. The lowest BCUT2D eigenvalue weighted by molar-refractivity contribution is -0.120. The molecule has 0 aliphatic carbocycles. The van der Waals surface area contributed by atoms with Crippen LogP contribution in [0.2, 0.25) is 0 Å². The van der Waals surface area contributed by atoms with Crippen LogP contribution >= 0.6 is 0 Å². The lowest BCUT2D eigenvalue weighted by atomic mass is 10.1. The number of carbonyl (C=O) groups excluding carboxylic acids is 1.